The van der Waals surface area contributed by atoms with Crippen molar-refractivity contribution in [3.05, 3.63) is 34.3 Å². The summed E-state index contributed by atoms with van der Waals surface area (Å²) in [5.41, 5.74) is 0.817. The summed E-state index contributed by atoms with van der Waals surface area (Å²) >= 11 is 6.25. The van der Waals surface area contributed by atoms with Gasteiger partial charge in [-0.1, -0.05) is 11.3 Å². The third kappa shape index (κ3) is 5.14. The van der Waals surface area contributed by atoms with E-state index >= 15 is 0 Å². The molecule has 0 atom stereocenters. The topological polar surface area (TPSA) is 98.8 Å². The van der Waals surface area contributed by atoms with E-state index in [9.17, 15) is 9.59 Å². The highest BCUT2D eigenvalue weighted by Crippen LogP contribution is 2.25. The van der Waals surface area contributed by atoms with Crippen LogP contribution in [0.5, 0.6) is 11.5 Å². The first-order valence-electron chi connectivity index (χ1n) is 7.88. The van der Waals surface area contributed by atoms with E-state index in [4.69, 9.17) is 26.4 Å². The summed E-state index contributed by atoms with van der Waals surface area (Å²) in [6.07, 6.45) is 0. The summed E-state index contributed by atoms with van der Waals surface area (Å²) in [6.45, 7) is 3.69. The van der Waals surface area contributed by atoms with Crippen molar-refractivity contribution in [3.63, 3.8) is 0 Å². The Hall–Kier alpha value is -2.72. The molecule has 0 unspecified atom stereocenters. The fourth-order valence-electron chi connectivity index (χ4n) is 2.12. The Bertz CT molecular complexity index is 866. The molecule has 1 aromatic heterocycles. The summed E-state index contributed by atoms with van der Waals surface area (Å²) in [4.78, 5) is 28.9. The van der Waals surface area contributed by atoms with Crippen molar-refractivity contribution < 1.29 is 23.8 Å². The summed E-state index contributed by atoms with van der Waals surface area (Å²) in [5.74, 6) is 0.0163. The Balaban J connectivity index is 2.07. The molecule has 2 rings (SSSR count). The number of benzene rings is 1. The van der Waals surface area contributed by atoms with Gasteiger partial charge in [0.15, 0.2) is 10.2 Å². The quantitative estimate of drug-likeness (QED) is 0.555. The van der Waals surface area contributed by atoms with E-state index in [1.807, 2.05) is 0 Å². The smallest absolute Gasteiger partial charge is 0.350 e. The molecule has 10 heteroatoms. The standard InChI is InChI=1S/C17H19N3O5S2/c1-5-25-15(22)13-9(2)18-17(27-13)20-16(26)19-14(21)11-7-6-10(23-3)8-12(11)24-4/h6-8H,5H2,1-4H3,(H2,18,19,20,21,26). The summed E-state index contributed by atoms with van der Waals surface area (Å²) < 4.78 is 15.3. The van der Waals surface area contributed by atoms with Crippen molar-refractivity contribution in [1.29, 1.82) is 0 Å². The van der Waals surface area contributed by atoms with E-state index in [-0.39, 0.29) is 11.7 Å². The lowest BCUT2D eigenvalue weighted by atomic mass is 10.2. The van der Waals surface area contributed by atoms with E-state index < -0.39 is 11.9 Å². The number of aryl methyl sites for hydroxylation is 1. The molecule has 0 aliphatic rings. The van der Waals surface area contributed by atoms with Crippen LogP contribution < -0.4 is 20.1 Å². The molecule has 1 heterocycles. The molecule has 0 aliphatic heterocycles. The van der Waals surface area contributed by atoms with Crippen LogP contribution in [-0.4, -0.2) is 42.8 Å². The molecule has 0 saturated heterocycles. The maximum Gasteiger partial charge on any atom is 0.350 e. The monoisotopic (exact) mass is 409 g/mol. The average Bonchev–Trinajstić information content (AvgIpc) is 3.01. The van der Waals surface area contributed by atoms with Gasteiger partial charge in [0.05, 0.1) is 32.1 Å². The van der Waals surface area contributed by atoms with Crippen LogP contribution in [0.4, 0.5) is 5.13 Å². The molecular formula is C17H19N3O5S2. The Kier molecular flexibility index (Phi) is 7.08. The number of nitrogens with zero attached hydrogens (tertiary/aromatic N) is 1. The highest BCUT2D eigenvalue weighted by molar-refractivity contribution is 7.80. The summed E-state index contributed by atoms with van der Waals surface area (Å²) in [6, 6.07) is 4.81. The van der Waals surface area contributed by atoms with E-state index in [0.717, 1.165) is 11.3 Å². The predicted octanol–water partition coefficient (Wildman–Crippen LogP) is 2.77. The number of amides is 1. The number of ether oxygens (including phenoxy) is 3. The van der Waals surface area contributed by atoms with Gasteiger partial charge in [0.25, 0.3) is 5.91 Å². The Morgan fingerprint density at radius 2 is 2.00 bits per heavy atom. The van der Waals surface area contributed by atoms with Crippen molar-refractivity contribution in [2.75, 3.05) is 26.1 Å². The minimum Gasteiger partial charge on any atom is -0.497 e. The van der Waals surface area contributed by atoms with Crippen LogP contribution in [0, 0.1) is 6.92 Å². The van der Waals surface area contributed by atoms with Crippen LogP contribution in [0.3, 0.4) is 0 Å². The molecule has 8 nitrogen and oxygen atoms in total. The summed E-state index contributed by atoms with van der Waals surface area (Å²) in [7, 11) is 2.98. The Labute approximate surface area is 165 Å². The fourth-order valence-corrected chi connectivity index (χ4v) is 3.24. The zero-order valence-corrected chi connectivity index (χ0v) is 16.9. The first kappa shape index (κ1) is 20.6. The fraction of sp³-hybridized carbons (Fsp3) is 0.294. The molecule has 0 saturated carbocycles. The number of carbonyl (C=O) groups is 2. The van der Waals surface area contributed by atoms with E-state index in [1.165, 1.54) is 14.2 Å². The van der Waals surface area contributed by atoms with Crippen LogP contribution in [0.25, 0.3) is 0 Å². The van der Waals surface area contributed by atoms with Gasteiger partial charge < -0.3 is 19.5 Å². The largest absolute Gasteiger partial charge is 0.497 e. The number of aromatic nitrogens is 1. The third-order valence-electron chi connectivity index (χ3n) is 3.36. The number of hydrogen-bond acceptors (Lipinski definition) is 8. The van der Waals surface area contributed by atoms with Gasteiger partial charge in [-0.25, -0.2) is 9.78 Å². The normalized spacial score (nSPS) is 10.1. The molecule has 2 N–H and O–H groups in total. The summed E-state index contributed by atoms with van der Waals surface area (Å²) in [5, 5.41) is 5.77. The molecular weight excluding hydrogens is 390 g/mol. The van der Waals surface area contributed by atoms with Crippen molar-refractivity contribution >= 4 is 45.7 Å². The van der Waals surface area contributed by atoms with Crippen LogP contribution >= 0.6 is 23.6 Å². The molecule has 0 fully saturated rings. The third-order valence-corrected chi connectivity index (χ3v) is 4.62. The number of anilines is 1. The number of thiazole rings is 1. The van der Waals surface area contributed by atoms with Gasteiger partial charge in [0.2, 0.25) is 0 Å². The van der Waals surface area contributed by atoms with Gasteiger partial charge in [-0.3, -0.25) is 10.1 Å². The maximum atomic E-state index is 12.4. The first-order chi connectivity index (χ1) is 12.9. The van der Waals surface area contributed by atoms with Crippen molar-refractivity contribution in [2.24, 2.45) is 0 Å². The number of thiocarbonyl (C=S) groups is 1. The molecule has 27 heavy (non-hydrogen) atoms. The van der Waals surface area contributed by atoms with Gasteiger partial charge in [-0.2, -0.15) is 0 Å². The van der Waals surface area contributed by atoms with Crippen LogP contribution in [0.2, 0.25) is 0 Å². The van der Waals surface area contributed by atoms with Gasteiger partial charge in [-0.05, 0) is 38.2 Å². The van der Waals surface area contributed by atoms with Crippen LogP contribution in [-0.2, 0) is 4.74 Å². The minimum atomic E-state index is -0.453. The Morgan fingerprint density at radius 3 is 2.63 bits per heavy atom. The van der Waals surface area contributed by atoms with E-state index in [2.05, 4.69) is 15.6 Å². The second-order valence-electron chi connectivity index (χ2n) is 5.13. The van der Waals surface area contributed by atoms with Gasteiger partial charge in [0.1, 0.15) is 16.4 Å². The maximum absolute atomic E-state index is 12.4. The number of hydrogen-bond donors (Lipinski definition) is 2. The van der Waals surface area contributed by atoms with Gasteiger partial charge in [-0.15, -0.1) is 0 Å². The van der Waals surface area contributed by atoms with E-state index in [0.29, 0.717) is 32.8 Å². The second-order valence-corrected chi connectivity index (χ2v) is 6.54. The average molecular weight is 409 g/mol. The minimum absolute atomic E-state index is 0.0435. The molecule has 0 spiro atoms. The van der Waals surface area contributed by atoms with Crippen LogP contribution in [0.1, 0.15) is 32.6 Å². The SMILES string of the molecule is CCOC(=O)c1sc(NC(=S)NC(=O)c2ccc(OC)cc2OC)nc1C. The number of rotatable bonds is 6. The lowest BCUT2D eigenvalue weighted by Crippen LogP contribution is -2.34. The highest BCUT2D eigenvalue weighted by atomic mass is 32.1. The zero-order chi connectivity index (χ0) is 20.0. The van der Waals surface area contributed by atoms with Crippen molar-refractivity contribution in [1.82, 2.24) is 10.3 Å². The van der Waals surface area contributed by atoms with E-state index in [1.54, 1.807) is 32.0 Å². The lowest BCUT2D eigenvalue weighted by molar-refractivity contribution is 0.0531. The number of methoxy groups -OCH3 is 2. The first-order valence-corrected chi connectivity index (χ1v) is 9.11. The number of esters is 1. The van der Waals surface area contributed by atoms with Gasteiger partial charge in [0, 0.05) is 6.07 Å². The zero-order valence-electron chi connectivity index (χ0n) is 15.2. The molecule has 2 aromatic rings. The number of nitrogens with one attached hydrogen (secondary N) is 2. The highest BCUT2D eigenvalue weighted by Gasteiger charge is 2.18. The van der Waals surface area contributed by atoms with Crippen molar-refractivity contribution in [2.45, 2.75) is 13.8 Å². The van der Waals surface area contributed by atoms with Gasteiger partial charge >= 0.3 is 5.97 Å². The molecule has 144 valence electrons. The predicted molar refractivity (Wildman–Crippen MR) is 106 cm³/mol. The lowest BCUT2D eigenvalue weighted by Gasteiger charge is -2.11. The number of carbonyl (C=O) groups excluding carboxylic acids is 2. The molecule has 0 radical (unpaired) electrons. The van der Waals surface area contributed by atoms with Crippen molar-refractivity contribution in [3.8, 4) is 11.5 Å². The molecule has 0 aliphatic carbocycles. The van der Waals surface area contributed by atoms with Crippen LogP contribution in [0.15, 0.2) is 18.2 Å². The molecule has 0 bridgehead atoms. The Morgan fingerprint density at radius 1 is 1.26 bits per heavy atom. The molecule has 1 amide bonds. The second kappa shape index (κ2) is 9.28. The molecule has 1 aromatic carbocycles.